The Hall–Kier alpha value is -1.06. The van der Waals surface area contributed by atoms with E-state index < -0.39 is 0 Å². The lowest BCUT2D eigenvalue weighted by atomic mass is 9.88. The minimum absolute atomic E-state index is 0.199. The lowest BCUT2D eigenvalue weighted by Crippen LogP contribution is -2.30. The Kier molecular flexibility index (Phi) is 7.68. The molecular formula is C12H21N3. The van der Waals surface area contributed by atoms with Crippen molar-refractivity contribution < 1.29 is 0 Å². The standard InChI is InChI=1S/C12H21N3/c1-12(2,7-6-9-14)11-15-10-5-3-4-8-13/h15H,3-7,10-11H2,1-2H3. The number of nitrogens with zero attached hydrogens (tertiary/aromatic N) is 2. The van der Waals surface area contributed by atoms with Crippen LogP contribution >= 0.6 is 0 Å². The summed E-state index contributed by atoms with van der Waals surface area (Å²) < 4.78 is 0. The molecule has 0 spiro atoms. The molecule has 3 nitrogen and oxygen atoms in total. The highest BCUT2D eigenvalue weighted by atomic mass is 14.9. The Bertz CT molecular complexity index is 232. The third kappa shape index (κ3) is 9.25. The van der Waals surface area contributed by atoms with Crippen molar-refractivity contribution in [3.63, 3.8) is 0 Å². The summed E-state index contributed by atoms with van der Waals surface area (Å²) >= 11 is 0. The van der Waals surface area contributed by atoms with E-state index in [1.165, 1.54) is 0 Å². The lowest BCUT2D eigenvalue weighted by molar-refractivity contribution is 0.317. The first-order valence-corrected chi connectivity index (χ1v) is 5.57. The van der Waals surface area contributed by atoms with Crippen molar-refractivity contribution in [2.24, 2.45) is 5.41 Å². The van der Waals surface area contributed by atoms with Gasteiger partial charge in [-0.25, -0.2) is 0 Å². The fraction of sp³-hybridized carbons (Fsp3) is 0.833. The number of hydrogen-bond donors (Lipinski definition) is 1. The maximum Gasteiger partial charge on any atom is 0.0621 e. The Labute approximate surface area is 93.1 Å². The molecule has 15 heavy (non-hydrogen) atoms. The molecule has 0 rings (SSSR count). The van der Waals surface area contributed by atoms with Crippen molar-refractivity contribution >= 4 is 0 Å². The predicted octanol–water partition coefficient (Wildman–Crippen LogP) is 2.60. The molecule has 0 aliphatic rings. The first-order chi connectivity index (χ1) is 7.12. The highest BCUT2D eigenvalue weighted by molar-refractivity contribution is 4.78. The summed E-state index contributed by atoms with van der Waals surface area (Å²) in [5.41, 5.74) is 0.199. The van der Waals surface area contributed by atoms with Crippen molar-refractivity contribution in [2.45, 2.75) is 46.0 Å². The first-order valence-electron chi connectivity index (χ1n) is 5.57. The van der Waals surface area contributed by atoms with Gasteiger partial charge < -0.3 is 5.32 Å². The molecule has 0 heterocycles. The van der Waals surface area contributed by atoms with Crippen LogP contribution in [0.25, 0.3) is 0 Å². The van der Waals surface area contributed by atoms with Crippen LogP contribution in [-0.4, -0.2) is 13.1 Å². The summed E-state index contributed by atoms with van der Waals surface area (Å²) in [7, 11) is 0. The molecule has 0 aliphatic carbocycles. The van der Waals surface area contributed by atoms with Gasteiger partial charge >= 0.3 is 0 Å². The third-order valence-electron chi connectivity index (χ3n) is 2.41. The summed E-state index contributed by atoms with van der Waals surface area (Å²) in [4.78, 5) is 0. The van der Waals surface area contributed by atoms with E-state index in [-0.39, 0.29) is 5.41 Å². The molecule has 0 amide bonds. The molecule has 0 aromatic heterocycles. The van der Waals surface area contributed by atoms with E-state index in [4.69, 9.17) is 10.5 Å². The van der Waals surface area contributed by atoms with E-state index in [0.29, 0.717) is 12.8 Å². The van der Waals surface area contributed by atoms with E-state index >= 15 is 0 Å². The maximum atomic E-state index is 8.50. The quantitative estimate of drug-likeness (QED) is 0.622. The average molecular weight is 207 g/mol. The number of unbranched alkanes of at least 4 members (excludes halogenated alkanes) is 2. The molecule has 0 fully saturated rings. The van der Waals surface area contributed by atoms with Crippen molar-refractivity contribution in [2.75, 3.05) is 13.1 Å². The van der Waals surface area contributed by atoms with Crippen LogP contribution in [0.2, 0.25) is 0 Å². The van der Waals surface area contributed by atoms with Crippen LogP contribution in [0.15, 0.2) is 0 Å². The van der Waals surface area contributed by atoms with Crippen LogP contribution in [-0.2, 0) is 0 Å². The average Bonchev–Trinajstić information content (AvgIpc) is 2.20. The predicted molar refractivity (Wildman–Crippen MR) is 61.0 cm³/mol. The molecule has 84 valence electrons. The largest absolute Gasteiger partial charge is 0.316 e. The van der Waals surface area contributed by atoms with Crippen LogP contribution in [0, 0.1) is 28.1 Å². The molecule has 0 saturated heterocycles. The van der Waals surface area contributed by atoms with Crippen LogP contribution in [0.5, 0.6) is 0 Å². The van der Waals surface area contributed by atoms with E-state index in [9.17, 15) is 0 Å². The Morgan fingerprint density at radius 1 is 1.07 bits per heavy atom. The fourth-order valence-electron chi connectivity index (χ4n) is 1.36. The van der Waals surface area contributed by atoms with Gasteiger partial charge in [-0.3, -0.25) is 0 Å². The summed E-state index contributed by atoms with van der Waals surface area (Å²) in [5, 5.41) is 20.2. The van der Waals surface area contributed by atoms with Gasteiger partial charge in [-0.1, -0.05) is 13.8 Å². The molecule has 3 heteroatoms. The van der Waals surface area contributed by atoms with E-state index in [0.717, 1.165) is 32.4 Å². The zero-order valence-corrected chi connectivity index (χ0v) is 9.84. The number of rotatable bonds is 8. The van der Waals surface area contributed by atoms with E-state index in [1.54, 1.807) is 0 Å². The van der Waals surface area contributed by atoms with Crippen molar-refractivity contribution in [3.05, 3.63) is 0 Å². The van der Waals surface area contributed by atoms with E-state index in [2.05, 4.69) is 31.3 Å². The molecule has 0 radical (unpaired) electrons. The van der Waals surface area contributed by atoms with Gasteiger partial charge in [0.1, 0.15) is 0 Å². The smallest absolute Gasteiger partial charge is 0.0621 e. The summed E-state index contributed by atoms with van der Waals surface area (Å²) in [5.74, 6) is 0. The minimum atomic E-state index is 0.199. The first kappa shape index (κ1) is 13.9. The Balaban J connectivity index is 3.41. The molecule has 0 aromatic rings. The summed E-state index contributed by atoms with van der Waals surface area (Å²) in [6.07, 6.45) is 4.25. The van der Waals surface area contributed by atoms with Crippen LogP contribution in [0.4, 0.5) is 0 Å². The highest BCUT2D eigenvalue weighted by Crippen LogP contribution is 2.20. The normalized spacial score (nSPS) is 10.7. The van der Waals surface area contributed by atoms with Gasteiger partial charge in [0.2, 0.25) is 0 Å². The second-order valence-electron chi connectivity index (χ2n) is 4.61. The second kappa shape index (κ2) is 8.26. The fourth-order valence-corrected chi connectivity index (χ4v) is 1.36. The molecule has 0 atom stereocenters. The monoisotopic (exact) mass is 207 g/mol. The molecule has 0 bridgehead atoms. The van der Waals surface area contributed by atoms with Gasteiger partial charge in [-0.2, -0.15) is 10.5 Å². The van der Waals surface area contributed by atoms with Crippen molar-refractivity contribution in [1.29, 1.82) is 10.5 Å². The van der Waals surface area contributed by atoms with E-state index in [1.807, 2.05) is 0 Å². The molecule has 0 unspecified atom stereocenters. The summed E-state index contributed by atoms with van der Waals surface area (Å²) in [6, 6.07) is 4.32. The third-order valence-corrected chi connectivity index (χ3v) is 2.41. The van der Waals surface area contributed by atoms with Gasteiger partial charge in [-0.15, -0.1) is 0 Å². The topological polar surface area (TPSA) is 59.6 Å². The Morgan fingerprint density at radius 2 is 1.73 bits per heavy atom. The number of nitrogens with one attached hydrogen (secondary N) is 1. The van der Waals surface area contributed by atoms with Gasteiger partial charge in [0, 0.05) is 19.4 Å². The maximum absolute atomic E-state index is 8.50. The van der Waals surface area contributed by atoms with Crippen molar-refractivity contribution in [3.8, 4) is 12.1 Å². The van der Waals surface area contributed by atoms with Gasteiger partial charge in [-0.05, 0) is 31.2 Å². The van der Waals surface area contributed by atoms with Crippen molar-refractivity contribution in [1.82, 2.24) is 5.32 Å². The lowest BCUT2D eigenvalue weighted by Gasteiger charge is -2.23. The minimum Gasteiger partial charge on any atom is -0.316 e. The second-order valence-corrected chi connectivity index (χ2v) is 4.61. The summed E-state index contributed by atoms with van der Waals surface area (Å²) in [6.45, 7) is 6.26. The number of nitriles is 2. The SMILES string of the molecule is CC(C)(CCC#N)CNCCCCC#N. The molecular weight excluding hydrogens is 186 g/mol. The zero-order valence-electron chi connectivity index (χ0n) is 9.84. The van der Waals surface area contributed by atoms with Crippen LogP contribution < -0.4 is 5.32 Å². The molecule has 0 aliphatic heterocycles. The van der Waals surface area contributed by atoms with Gasteiger partial charge in [0.05, 0.1) is 12.1 Å². The van der Waals surface area contributed by atoms with Gasteiger partial charge in [0.15, 0.2) is 0 Å². The van der Waals surface area contributed by atoms with Crippen LogP contribution in [0.1, 0.15) is 46.0 Å². The highest BCUT2D eigenvalue weighted by Gasteiger charge is 2.16. The van der Waals surface area contributed by atoms with Gasteiger partial charge in [0.25, 0.3) is 0 Å². The van der Waals surface area contributed by atoms with Crippen LogP contribution in [0.3, 0.4) is 0 Å². The molecule has 0 saturated carbocycles. The Morgan fingerprint density at radius 3 is 2.33 bits per heavy atom. The zero-order chi connectivity index (χ0) is 11.6. The number of hydrogen-bond acceptors (Lipinski definition) is 3. The molecule has 1 N–H and O–H groups in total. The molecule has 0 aromatic carbocycles.